The van der Waals surface area contributed by atoms with E-state index < -0.39 is 0 Å². The molecule has 0 amide bonds. The van der Waals surface area contributed by atoms with Gasteiger partial charge in [-0.15, -0.1) is 12.4 Å². The Balaban J connectivity index is 0.00000208. The molecule has 2 aromatic rings. The van der Waals surface area contributed by atoms with E-state index in [4.69, 9.17) is 31.9 Å². The lowest BCUT2D eigenvalue weighted by Crippen LogP contribution is -2.38. The van der Waals surface area contributed by atoms with Crippen LogP contribution in [0.5, 0.6) is 11.5 Å². The molecule has 0 atom stereocenters. The Labute approximate surface area is 149 Å². The van der Waals surface area contributed by atoms with E-state index >= 15 is 0 Å². The number of nitrogens with one attached hydrogen (secondary N) is 5. The Kier molecular flexibility index (Phi) is 5.73. The van der Waals surface area contributed by atoms with Gasteiger partial charge in [0.15, 0.2) is 23.4 Å². The molecule has 126 valence electrons. The summed E-state index contributed by atoms with van der Waals surface area (Å²) in [5.41, 5.74) is 1.36. The minimum Gasteiger partial charge on any atom is -0.454 e. The van der Waals surface area contributed by atoms with E-state index in [-0.39, 0.29) is 31.1 Å². The number of anilines is 2. The molecule has 9 heteroatoms. The fourth-order valence-corrected chi connectivity index (χ4v) is 2.11. The van der Waals surface area contributed by atoms with Gasteiger partial charge < -0.3 is 20.1 Å². The second kappa shape index (κ2) is 7.76. The summed E-state index contributed by atoms with van der Waals surface area (Å²) in [4.78, 5) is 0. The number of hydrogen-bond donors (Lipinski definition) is 5. The summed E-state index contributed by atoms with van der Waals surface area (Å²) in [7, 11) is 0. The van der Waals surface area contributed by atoms with E-state index in [1.165, 1.54) is 0 Å². The maximum absolute atomic E-state index is 7.86. The molecule has 0 fully saturated rings. The van der Waals surface area contributed by atoms with Gasteiger partial charge in [-0.05, 0) is 36.4 Å². The maximum atomic E-state index is 7.86. The lowest BCUT2D eigenvalue weighted by molar-refractivity contribution is 0.174. The number of hydrogen-bond acceptors (Lipinski definition) is 4. The van der Waals surface area contributed by atoms with Gasteiger partial charge in [0.1, 0.15) is 0 Å². The van der Waals surface area contributed by atoms with Gasteiger partial charge in [-0.25, -0.2) is 0 Å². The number of halogens is 2. The smallest absolute Gasteiger partial charge is 0.231 e. The molecule has 3 rings (SSSR count). The van der Waals surface area contributed by atoms with Crippen LogP contribution in [0.15, 0.2) is 42.5 Å². The van der Waals surface area contributed by atoms with E-state index in [1.807, 2.05) is 0 Å². The highest BCUT2D eigenvalue weighted by atomic mass is 35.5. The highest BCUT2D eigenvalue weighted by Crippen LogP contribution is 2.34. The summed E-state index contributed by atoms with van der Waals surface area (Å²) < 4.78 is 10.5. The largest absolute Gasteiger partial charge is 0.454 e. The molecular weight excluding hydrogens is 353 g/mol. The number of guanidine groups is 2. The van der Waals surface area contributed by atoms with Crippen LogP contribution >= 0.6 is 24.0 Å². The summed E-state index contributed by atoms with van der Waals surface area (Å²) in [6.07, 6.45) is 0. The highest BCUT2D eigenvalue weighted by Gasteiger charge is 2.13. The molecule has 0 unspecified atom stereocenters. The quantitative estimate of drug-likeness (QED) is 0.413. The van der Waals surface area contributed by atoms with Gasteiger partial charge in [0, 0.05) is 22.5 Å². The van der Waals surface area contributed by atoms with Crippen molar-refractivity contribution >= 4 is 47.3 Å². The van der Waals surface area contributed by atoms with Gasteiger partial charge in [0.25, 0.3) is 0 Å². The zero-order chi connectivity index (χ0) is 16.2. The van der Waals surface area contributed by atoms with Crippen molar-refractivity contribution in [3.63, 3.8) is 0 Å². The summed E-state index contributed by atoms with van der Waals surface area (Å²) in [6, 6.07) is 12.2. The Morgan fingerprint density at radius 2 is 1.46 bits per heavy atom. The van der Waals surface area contributed by atoms with E-state index in [2.05, 4.69) is 16.0 Å². The minimum absolute atomic E-state index is 0. The summed E-state index contributed by atoms with van der Waals surface area (Å²) in [5, 5.41) is 24.5. The molecule has 1 heterocycles. The summed E-state index contributed by atoms with van der Waals surface area (Å²) in [6.45, 7) is 0.199. The van der Waals surface area contributed by atoms with Crippen LogP contribution in [0, 0.1) is 10.8 Å². The molecule has 1 aliphatic rings. The molecule has 0 aliphatic carbocycles. The molecule has 0 radical (unpaired) electrons. The summed E-state index contributed by atoms with van der Waals surface area (Å²) in [5.74, 6) is 1.21. The van der Waals surface area contributed by atoms with Crippen LogP contribution < -0.4 is 25.4 Å². The molecule has 24 heavy (non-hydrogen) atoms. The standard InChI is InChI=1S/C15H14ClN5O2.ClH/c16-9-1-3-10(4-2-9)19-14(17)21-15(18)20-11-5-6-12-13(7-11)23-8-22-12;/h1-7H,8H2,(H5,17,18,19,20,21);1H. The third kappa shape index (κ3) is 4.43. The first-order valence-electron chi connectivity index (χ1n) is 6.73. The topological polar surface area (TPSA) is 102 Å². The van der Waals surface area contributed by atoms with Crippen molar-refractivity contribution < 1.29 is 9.47 Å². The number of fused-ring (bicyclic) bond motifs is 1. The van der Waals surface area contributed by atoms with Crippen molar-refractivity contribution in [2.75, 3.05) is 17.4 Å². The van der Waals surface area contributed by atoms with Crippen LogP contribution in [0.1, 0.15) is 0 Å². The van der Waals surface area contributed by atoms with E-state index in [0.717, 1.165) is 0 Å². The molecule has 0 saturated carbocycles. The first-order valence-corrected chi connectivity index (χ1v) is 7.11. The predicted molar refractivity (Wildman–Crippen MR) is 97.1 cm³/mol. The van der Waals surface area contributed by atoms with Crippen LogP contribution in [0.3, 0.4) is 0 Å². The van der Waals surface area contributed by atoms with Crippen molar-refractivity contribution in [3.05, 3.63) is 47.5 Å². The number of rotatable bonds is 2. The number of ether oxygens (including phenoxy) is 2. The normalized spacial score (nSPS) is 11.2. The zero-order valence-corrected chi connectivity index (χ0v) is 13.9. The Morgan fingerprint density at radius 3 is 2.17 bits per heavy atom. The van der Waals surface area contributed by atoms with Crippen molar-refractivity contribution in [3.8, 4) is 11.5 Å². The average molecular weight is 368 g/mol. The predicted octanol–water partition coefficient (Wildman–Crippen LogP) is 3.47. The van der Waals surface area contributed by atoms with Gasteiger partial charge in [-0.2, -0.15) is 0 Å². The molecular formula is C15H15Cl2N5O2. The molecule has 0 spiro atoms. The summed E-state index contributed by atoms with van der Waals surface area (Å²) >= 11 is 5.80. The van der Waals surface area contributed by atoms with E-state index in [1.54, 1.807) is 42.5 Å². The van der Waals surface area contributed by atoms with Gasteiger partial charge in [-0.1, -0.05) is 11.6 Å². The van der Waals surface area contributed by atoms with Crippen LogP contribution in [0.4, 0.5) is 11.4 Å². The second-order valence-electron chi connectivity index (χ2n) is 4.70. The minimum atomic E-state index is -0.0460. The third-order valence-electron chi connectivity index (χ3n) is 3.01. The van der Waals surface area contributed by atoms with Crippen LogP contribution in [-0.2, 0) is 0 Å². The Morgan fingerprint density at radius 1 is 0.875 bits per heavy atom. The monoisotopic (exact) mass is 367 g/mol. The van der Waals surface area contributed by atoms with Crippen molar-refractivity contribution in [1.29, 1.82) is 10.8 Å². The lowest BCUT2D eigenvalue weighted by atomic mass is 10.3. The fourth-order valence-electron chi connectivity index (χ4n) is 1.98. The third-order valence-corrected chi connectivity index (χ3v) is 3.26. The molecule has 0 saturated heterocycles. The molecule has 0 aromatic heterocycles. The lowest BCUT2D eigenvalue weighted by Gasteiger charge is -2.13. The van der Waals surface area contributed by atoms with E-state index in [0.29, 0.717) is 27.9 Å². The molecule has 2 aromatic carbocycles. The van der Waals surface area contributed by atoms with Crippen LogP contribution in [-0.4, -0.2) is 18.7 Å². The molecule has 1 aliphatic heterocycles. The molecule has 5 N–H and O–H groups in total. The first kappa shape index (κ1) is 17.7. The average Bonchev–Trinajstić information content (AvgIpc) is 2.97. The Bertz CT molecular complexity index is 752. The molecule has 7 nitrogen and oxygen atoms in total. The van der Waals surface area contributed by atoms with Crippen LogP contribution in [0.2, 0.25) is 5.02 Å². The van der Waals surface area contributed by atoms with Crippen molar-refractivity contribution in [1.82, 2.24) is 5.32 Å². The van der Waals surface area contributed by atoms with Crippen molar-refractivity contribution in [2.45, 2.75) is 0 Å². The Hall–Kier alpha value is -2.64. The molecule has 0 bridgehead atoms. The maximum Gasteiger partial charge on any atom is 0.231 e. The number of benzene rings is 2. The SMILES string of the molecule is Cl.N=C(NC(=N)Nc1ccc2c(c1)OCO2)Nc1ccc(Cl)cc1. The van der Waals surface area contributed by atoms with Crippen LogP contribution in [0.25, 0.3) is 0 Å². The highest BCUT2D eigenvalue weighted by molar-refractivity contribution is 6.30. The zero-order valence-electron chi connectivity index (χ0n) is 12.4. The van der Waals surface area contributed by atoms with E-state index in [9.17, 15) is 0 Å². The van der Waals surface area contributed by atoms with Crippen molar-refractivity contribution in [2.24, 2.45) is 0 Å². The first-order chi connectivity index (χ1) is 11.1. The van der Waals surface area contributed by atoms with Gasteiger partial charge in [-0.3, -0.25) is 16.1 Å². The fraction of sp³-hybridized carbons (Fsp3) is 0.0667. The van der Waals surface area contributed by atoms with Gasteiger partial charge in [0.05, 0.1) is 0 Å². The van der Waals surface area contributed by atoms with Gasteiger partial charge >= 0.3 is 0 Å². The van der Waals surface area contributed by atoms with Gasteiger partial charge in [0.2, 0.25) is 6.79 Å². The second-order valence-corrected chi connectivity index (χ2v) is 5.14.